The SMILES string of the molecule is CCN(c1nc(N)cn2ccnc12)C1CCCC1. The van der Waals surface area contributed by atoms with Gasteiger partial charge in [0.2, 0.25) is 0 Å². The summed E-state index contributed by atoms with van der Waals surface area (Å²) < 4.78 is 1.95. The van der Waals surface area contributed by atoms with Crippen LogP contribution in [0.4, 0.5) is 11.6 Å². The van der Waals surface area contributed by atoms with Crippen LogP contribution < -0.4 is 10.6 Å². The Morgan fingerprint density at radius 3 is 2.94 bits per heavy atom. The first kappa shape index (κ1) is 11.3. The van der Waals surface area contributed by atoms with Crippen LogP contribution in [-0.2, 0) is 0 Å². The van der Waals surface area contributed by atoms with Crippen LogP contribution >= 0.6 is 0 Å². The van der Waals surface area contributed by atoms with Gasteiger partial charge in [-0.2, -0.15) is 0 Å². The Labute approximate surface area is 107 Å². The normalized spacial score (nSPS) is 16.5. The average molecular weight is 245 g/mol. The molecule has 0 aromatic carbocycles. The van der Waals surface area contributed by atoms with Gasteiger partial charge in [-0.1, -0.05) is 12.8 Å². The van der Waals surface area contributed by atoms with Gasteiger partial charge in [0.25, 0.3) is 0 Å². The molecule has 0 atom stereocenters. The van der Waals surface area contributed by atoms with Crippen LogP contribution in [0.25, 0.3) is 5.65 Å². The second kappa shape index (κ2) is 4.48. The number of fused-ring (bicyclic) bond motifs is 1. The first-order valence-electron chi connectivity index (χ1n) is 6.65. The van der Waals surface area contributed by atoms with Crippen molar-refractivity contribution >= 4 is 17.3 Å². The van der Waals surface area contributed by atoms with Crippen LogP contribution in [0.3, 0.4) is 0 Å². The van der Waals surface area contributed by atoms with E-state index in [0.29, 0.717) is 11.9 Å². The summed E-state index contributed by atoms with van der Waals surface area (Å²) in [5.74, 6) is 1.47. The monoisotopic (exact) mass is 245 g/mol. The molecule has 1 fully saturated rings. The minimum atomic E-state index is 0.548. The maximum absolute atomic E-state index is 5.89. The summed E-state index contributed by atoms with van der Waals surface area (Å²) in [4.78, 5) is 11.3. The molecule has 5 nitrogen and oxygen atoms in total. The Bertz CT molecular complexity index is 541. The van der Waals surface area contributed by atoms with Gasteiger partial charge < -0.3 is 15.0 Å². The first-order chi connectivity index (χ1) is 8.79. The van der Waals surface area contributed by atoms with E-state index in [1.807, 2.05) is 16.8 Å². The van der Waals surface area contributed by atoms with Crippen molar-refractivity contribution in [3.63, 3.8) is 0 Å². The van der Waals surface area contributed by atoms with Crippen LogP contribution in [0.2, 0.25) is 0 Å². The van der Waals surface area contributed by atoms with Crippen molar-refractivity contribution in [1.82, 2.24) is 14.4 Å². The molecule has 0 aliphatic heterocycles. The van der Waals surface area contributed by atoms with Gasteiger partial charge in [-0.05, 0) is 19.8 Å². The van der Waals surface area contributed by atoms with Gasteiger partial charge in [-0.25, -0.2) is 9.97 Å². The highest BCUT2D eigenvalue weighted by Gasteiger charge is 2.24. The molecule has 0 bridgehead atoms. The maximum Gasteiger partial charge on any atom is 0.180 e. The summed E-state index contributed by atoms with van der Waals surface area (Å²) in [5.41, 5.74) is 6.79. The zero-order valence-electron chi connectivity index (χ0n) is 10.7. The lowest BCUT2D eigenvalue weighted by Crippen LogP contribution is -2.34. The van der Waals surface area contributed by atoms with Gasteiger partial charge in [-0.3, -0.25) is 0 Å². The number of hydrogen-bond acceptors (Lipinski definition) is 4. The summed E-state index contributed by atoms with van der Waals surface area (Å²) >= 11 is 0. The topological polar surface area (TPSA) is 59.5 Å². The molecular weight excluding hydrogens is 226 g/mol. The van der Waals surface area contributed by atoms with E-state index < -0.39 is 0 Å². The highest BCUT2D eigenvalue weighted by Crippen LogP contribution is 2.29. The smallest absolute Gasteiger partial charge is 0.180 e. The number of rotatable bonds is 3. The number of anilines is 2. The molecule has 0 unspecified atom stereocenters. The molecule has 0 radical (unpaired) electrons. The van der Waals surface area contributed by atoms with Crippen molar-refractivity contribution in [1.29, 1.82) is 0 Å². The van der Waals surface area contributed by atoms with E-state index in [0.717, 1.165) is 18.0 Å². The molecule has 0 amide bonds. The fraction of sp³-hybridized carbons (Fsp3) is 0.538. The third-order valence-corrected chi connectivity index (χ3v) is 3.75. The lowest BCUT2D eigenvalue weighted by Gasteiger charge is -2.29. The van der Waals surface area contributed by atoms with Gasteiger partial charge >= 0.3 is 0 Å². The van der Waals surface area contributed by atoms with Crippen LogP contribution in [0, 0.1) is 0 Å². The fourth-order valence-electron chi connectivity index (χ4n) is 2.92. The van der Waals surface area contributed by atoms with Crippen molar-refractivity contribution in [2.45, 2.75) is 38.6 Å². The number of nitrogen functional groups attached to an aromatic ring is 1. The molecule has 0 spiro atoms. The lowest BCUT2D eigenvalue weighted by atomic mass is 10.2. The van der Waals surface area contributed by atoms with Crippen molar-refractivity contribution in [3.8, 4) is 0 Å². The number of imidazole rings is 1. The molecule has 2 heterocycles. The van der Waals surface area contributed by atoms with Crippen LogP contribution in [-0.4, -0.2) is 27.0 Å². The quantitative estimate of drug-likeness (QED) is 0.899. The fourth-order valence-corrected chi connectivity index (χ4v) is 2.92. The van der Waals surface area contributed by atoms with Crippen molar-refractivity contribution in [2.75, 3.05) is 17.2 Å². The molecule has 5 heteroatoms. The Morgan fingerprint density at radius 1 is 1.44 bits per heavy atom. The third-order valence-electron chi connectivity index (χ3n) is 3.75. The molecule has 1 saturated carbocycles. The number of hydrogen-bond donors (Lipinski definition) is 1. The number of nitrogens with zero attached hydrogens (tertiary/aromatic N) is 4. The minimum Gasteiger partial charge on any atom is -0.382 e. The Morgan fingerprint density at radius 2 is 2.22 bits per heavy atom. The minimum absolute atomic E-state index is 0.548. The number of nitrogens with two attached hydrogens (primary N) is 1. The van der Waals surface area contributed by atoms with E-state index in [1.54, 1.807) is 6.20 Å². The first-order valence-corrected chi connectivity index (χ1v) is 6.65. The van der Waals surface area contributed by atoms with E-state index >= 15 is 0 Å². The van der Waals surface area contributed by atoms with E-state index in [4.69, 9.17) is 5.73 Å². The highest BCUT2D eigenvalue weighted by atomic mass is 15.2. The van der Waals surface area contributed by atoms with Gasteiger partial charge in [-0.15, -0.1) is 0 Å². The van der Waals surface area contributed by atoms with Crippen molar-refractivity contribution < 1.29 is 0 Å². The summed E-state index contributed by atoms with van der Waals surface area (Å²) in [6, 6.07) is 0.588. The van der Waals surface area contributed by atoms with Crippen molar-refractivity contribution in [3.05, 3.63) is 18.6 Å². The molecule has 2 aromatic rings. The highest BCUT2D eigenvalue weighted by molar-refractivity contribution is 5.66. The lowest BCUT2D eigenvalue weighted by molar-refractivity contribution is 0.614. The van der Waals surface area contributed by atoms with E-state index in [1.165, 1.54) is 25.7 Å². The second-order valence-electron chi connectivity index (χ2n) is 4.87. The Balaban J connectivity index is 2.07. The predicted octanol–water partition coefficient (Wildman–Crippen LogP) is 2.08. The summed E-state index contributed by atoms with van der Waals surface area (Å²) in [6.07, 6.45) is 10.6. The molecule has 3 rings (SSSR count). The average Bonchev–Trinajstić information content (AvgIpc) is 2.99. The molecule has 2 aromatic heterocycles. The zero-order chi connectivity index (χ0) is 12.5. The zero-order valence-corrected chi connectivity index (χ0v) is 10.7. The largest absolute Gasteiger partial charge is 0.382 e. The van der Waals surface area contributed by atoms with Gasteiger partial charge in [0, 0.05) is 25.0 Å². The molecule has 2 N–H and O–H groups in total. The molecule has 96 valence electrons. The summed E-state index contributed by atoms with van der Waals surface area (Å²) in [7, 11) is 0. The predicted molar refractivity (Wildman–Crippen MR) is 72.7 cm³/mol. The van der Waals surface area contributed by atoms with Crippen LogP contribution in [0.1, 0.15) is 32.6 Å². The standard InChI is InChI=1S/C13H19N5/c1-2-18(10-5-3-4-6-10)13-12-15-7-8-17(12)9-11(14)16-13/h7-10H,2-6,14H2,1H3. The second-order valence-corrected chi connectivity index (χ2v) is 4.87. The van der Waals surface area contributed by atoms with E-state index in [9.17, 15) is 0 Å². The molecule has 18 heavy (non-hydrogen) atoms. The Hall–Kier alpha value is -1.78. The molecular formula is C13H19N5. The molecule has 0 saturated heterocycles. The summed E-state index contributed by atoms with van der Waals surface area (Å²) in [6.45, 7) is 3.12. The maximum atomic E-state index is 5.89. The van der Waals surface area contributed by atoms with Gasteiger partial charge in [0.1, 0.15) is 5.82 Å². The van der Waals surface area contributed by atoms with Crippen LogP contribution in [0.15, 0.2) is 18.6 Å². The third kappa shape index (κ3) is 1.79. The van der Waals surface area contributed by atoms with Crippen LogP contribution in [0.5, 0.6) is 0 Å². The molecule has 1 aliphatic carbocycles. The van der Waals surface area contributed by atoms with E-state index in [-0.39, 0.29) is 0 Å². The van der Waals surface area contributed by atoms with E-state index in [2.05, 4.69) is 21.8 Å². The number of aromatic nitrogens is 3. The van der Waals surface area contributed by atoms with Gasteiger partial charge in [0.05, 0.1) is 6.20 Å². The molecule has 1 aliphatic rings. The van der Waals surface area contributed by atoms with Crippen molar-refractivity contribution in [2.24, 2.45) is 0 Å². The summed E-state index contributed by atoms with van der Waals surface area (Å²) in [5, 5.41) is 0. The van der Waals surface area contributed by atoms with Gasteiger partial charge in [0.15, 0.2) is 11.5 Å². The Kier molecular flexibility index (Phi) is 2.81.